The van der Waals surface area contributed by atoms with Crippen LogP contribution in [-0.2, 0) is 14.4 Å². The lowest BCUT2D eigenvalue weighted by Crippen LogP contribution is -2.67. The fourth-order valence-electron chi connectivity index (χ4n) is 1.69. The van der Waals surface area contributed by atoms with Crippen molar-refractivity contribution in [2.45, 2.75) is 18.1 Å². The lowest BCUT2D eigenvalue weighted by Gasteiger charge is -2.39. The third-order valence-corrected chi connectivity index (χ3v) is 2.25. The number of hydrogen-bond acceptors (Lipinski definition) is 5. The average Bonchev–Trinajstić information content (AvgIpc) is 1.96. The number of carboxylic acid groups (broad SMARTS) is 3. The molecule has 0 aromatic rings. The summed E-state index contributed by atoms with van der Waals surface area (Å²) in [5, 5.41) is 38.1. The van der Waals surface area contributed by atoms with Crippen LogP contribution in [0, 0.1) is 0 Å². The van der Waals surface area contributed by atoms with E-state index in [2.05, 4.69) is 0 Å². The maximum absolute atomic E-state index is 11.0. The molecule has 0 fully saturated rings. The third-order valence-electron chi connectivity index (χ3n) is 2.25. The molecule has 0 aliphatic carbocycles. The van der Waals surface area contributed by atoms with E-state index in [4.69, 9.17) is 10.2 Å². The summed E-state index contributed by atoms with van der Waals surface area (Å²) in [6, 6.07) is -1.84. The molecule has 0 heterocycles. The van der Waals surface area contributed by atoms with Gasteiger partial charge in [-0.3, -0.25) is 0 Å². The maximum Gasteiger partial charge on any atom is 0.366 e. The molecule has 0 rings (SSSR count). The first-order valence-corrected chi connectivity index (χ1v) is 4.62. The second-order valence-corrected chi connectivity index (χ2v) is 4.64. The molecule has 2 atom stereocenters. The zero-order valence-corrected chi connectivity index (χ0v) is 9.71. The van der Waals surface area contributed by atoms with E-state index in [-0.39, 0.29) is 0 Å². The quantitative estimate of drug-likeness (QED) is 0.430. The fourth-order valence-corrected chi connectivity index (χ4v) is 1.69. The Labute approximate surface area is 97.3 Å². The monoisotopic (exact) mass is 249 g/mol. The van der Waals surface area contributed by atoms with Gasteiger partial charge in [-0.2, -0.15) is 0 Å². The van der Waals surface area contributed by atoms with Gasteiger partial charge in [0.25, 0.3) is 0 Å². The molecule has 0 aromatic heterocycles. The summed E-state index contributed by atoms with van der Waals surface area (Å²) in [7, 11) is 4.01. The molecule has 0 radical (unpaired) electrons. The van der Waals surface area contributed by atoms with E-state index in [0.717, 1.165) is 0 Å². The summed E-state index contributed by atoms with van der Waals surface area (Å²) < 4.78 is -0.453. The van der Waals surface area contributed by atoms with E-state index < -0.39 is 40.5 Å². The Morgan fingerprint density at radius 1 is 1.24 bits per heavy atom. The van der Waals surface area contributed by atoms with Crippen molar-refractivity contribution < 1.29 is 39.3 Å². The van der Waals surface area contributed by atoms with Crippen molar-refractivity contribution in [3.63, 3.8) is 0 Å². The zero-order chi connectivity index (χ0) is 14.0. The lowest BCUT2D eigenvalue weighted by atomic mass is 9.88. The average molecular weight is 249 g/mol. The molecule has 0 aliphatic heterocycles. The summed E-state index contributed by atoms with van der Waals surface area (Å²) in [5.41, 5.74) is -2.93. The molecule has 0 spiro atoms. The van der Waals surface area contributed by atoms with E-state index >= 15 is 0 Å². The van der Waals surface area contributed by atoms with Gasteiger partial charge in [0.1, 0.15) is 0 Å². The topological polar surface area (TPSA) is 135 Å². The molecule has 98 valence electrons. The van der Waals surface area contributed by atoms with Gasteiger partial charge in [0.2, 0.25) is 11.6 Å². The Balaban J connectivity index is 5.63. The van der Waals surface area contributed by atoms with Crippen LogP contribution in [0.25, 0.3) is 0 Å². The second kappa shape index (κ2) is 4.68. The summed E-state index contributed by atoms with van der Waals surface area (Å²) in [4.78, 5) is 32.4. The van der Waals surface area contributed by atoms with Crippen LogP contribution in [-0.4, -0.2) is 70.5 Å². The van der Waals surface area contributed by atoms with Gasteiger partial charge in [0.15, 0.2) is 0 Å². The first kappa shape index (κ1) is 15.3. The highest BCUT2D eigenvalue weighted by atomic mass is 16.4. The molecule has 0 saturated heterocycles. The van der Waals surface area contributed by atoms with Gasteiger partial charge in [-0.05, 0) is 0 Å². The van der Waals surface area contributed by atoms with E-state index in [1.54, 1.807) is 0 Å². The smallest absolute Gasteiger partial charge is 0.366 e. The first-order chi connectivity index (χ1) is 7.43. The first-order valence-electron chi connectivity index (χ1n) is 4.62. The van der Waals surface area contributed by atoms with Gasteiger partial charge in [-0.25, -0.2) is 9.59 Å². The SMILES string of the molecule is C[N+](C)(C)C(C(=O)O)C(O)(CC(=O)[O-])C(=O)O. The minimum absolute atomic E-state index is 0.453. The molecule has 0 aliphatic rings. The van der Waals surface area contributed by atoms with Crippen molar-refractivity contribution in [1.29, 1.82) is 0 Å². The Morgan fingerprint density at radius 2 is 1.65 bits per heavy atom. The molecule has 0 amide bonds. The summed E-state index contributed by atoms with van der Waals surface area (Å²) in [6.07, 6.45) is -1.30. The van der Waals surface area contributed by atoms with Crippen molar-refractivity contribution in [2.24, 2.45) is 0 Å². The number of aliphatic hydroxyl groups is 1. The van der Waals surface area contributed by atoms with Crippen LogP contribution in [0.15, 0.2) is 0 Å². The number of hydrogen-bond donors (Lipinski definition) is 3. The highest BCUT2D eigenvalue weighted by Gasteiger charge is 2.56. The predicted octanol–water partition coefficient (Wildman–Crippen LogP) is -2.90. The van der Waals surface area contributed by atoms with E-state index in [1.165, 1.54) is 21.1 Å². The van der Waals surface area contributed by atoms with Gasteiger partial charge >= 0.3 is 11.9 Å². The summed E-state index contributed by atoms with van der Waals surface area (Å²) in [5.74, 6) is -5.36. The molecule has 0 bridgehead atoms. The molecule has 3 N–H and O–H groups in total. The van der Waals surface area contributed by atoms with Crippen molar-refractivity contribution in [3.8, 4) is 0 Å². The minimum atomic E-state index is -2.93. The number of aliphatic carboxylic acids is 3. The van der Waals surface area contributed by atoms with E-state index in [1.807, 2.05) is 0 Å². The van der Waals surface area contributed by atoms with Crippen LogP contribution in [0.5, 0.6) is 0 Å². The number of likely N-dealkylation sites (N-methyl/N-ethyl adjacent to an activating group) is 1. The zero-order valence-electron chi connectivity index (χ0n) is 9.71. The van der Waals surface area contributed by atoms with Crippen molar-refractivity contribution in [2.75, 3.05) is 21.1 Å². The van der Waals surface area contributed by atoms with Gasteiger partial charge in [0, 0.05) is 12.4 Å². The van der Waals surface area contributed by atoms with Crippen LogP contribution in [0.2, 0.25) is 0 Å². The Hall–Kier alpha value is -1.67. The van der Waals surface area contributed by atoms with Crippen LogP contribution in [0.1, 0.15) is 6.42 Å². The molecule has 2 unspecified atom stereocenters. The van der Waals surface area contributed by atoms with Gasteiger partial charge < -0.3 is 29.7 Å². The van der Waals surface area contributed by atoms with Crippen molar-refractivity contribution in [3.05, 3.63) is 0 Å². The number of carbonyl (C=O) groups is 3. The number of quaternary nitrogens is 1. The number of carbonyl (C=O) groups excluding carboxylic acids is 1. The van der Waals surface area contributed by atoms with Gasteiger partial charge in [0.05, 0.1) is 21.1 Å². The number of nitrogens with zero attached hydrogens (tertiary/aromatic N) is 1. The van der Waals surface area contributed by atoms with Crippen LogP contribution >= 0.6 is 0 Å². The molecular formula is C9H15NO7. The third kappa shape index (κ3) is 3.40. The van der Waals surface area contributed by atoms with E-state index in [9.17, 15) is 24.6 Å². The van der Waals surface area contributed by atoms with E-state index in [0.29, 0.717) is 0 Å². The highest BCUT2D eigenvalue weighted by Crippen LogP contribution is 2.23. The van der Waals surface area contributed by atoms with Crippen molar-refractivity contribution in [1.82, 2.24) is 0 Å². The van der Waals surface area contributed by atoms with Crippen LogP contribution < -0.4 is 5.11 Å². The summed E-state index contributed by atoms with van der Waals surface area (Å²) >= 11 is 0. The number of rotatable bonds is 6. The van der Waals surface area contributed by atoms with Crippen LogP contribution in [0.3, 0.4) is 0 Å². The molecule has 0 aromatic carbocycles. The fraction of sp³-hybridized carbons (Fsp3) is 0.667. The molecule has 17 heavy (non-hydrogen) atoms. The van der Waals surface area contributed by atoms with Gasteiger partial charge in [-0.1, -0.05) is 0 Å². The second-order valence-electron chi connectivity index (χ2n) is 4.64. The van der Waals surface area contributed by atoms with Crippen molar-refractivity contribution >= 4 is 17.9 Å². The molecular weight excluding hydrogens is 234 g/mol. The predicted molar refractivity (Wildman–Crippen MR) is 51.7 cm³/mol. The molecule has 0 saturated carbocycles. The Morgan fingerprint density at radius 3 is 1.82 bits per heavy atom. The maximum atomic E-state index is 11.0. The highest BCUT2D eigenvalue weighted by molar-refractivity contribution is 5.90. The summed E-state index contributed by atoms with van der Waals surface area (Å²) in [6.45, 7) is 0. The Kier molecular flexibility index (Phi) is 4.22. The molecule has 8 heteroatoms. The van der Waals surface area contributed by atoms with Gasteiger partial charge in [-0.15, -0.1) is 0 Å². The van der Waals surface area contributed by atoms with Crippen LogP contribution in [0.4, 0.5) is 0 Å². The Bertz CT molecular complexity index is 346. The normalized spacial score (nSPS) is 16.9. The standard InChI is InChI=1S/C9H15NO7/c1-10(2,3)6(7(13)14)9(17,8(15)16)4-5(11)12/h6,17H,4H2,1-3H3,(H2-,11,12,13,14,15,16). The largest absolute Gasteiger partial charge is 0.550 e. The lowest BCUT2D eigenvalue weighted by molar-refractivity contribution is -0.893. The number of carboxylic acids is 3. The molecule has 8 nitrogen and oxygen atoms in total. The minimum Gasteiger partial charge on any atom is -0.550 e.